The molecule has 27 heavy (non-hydrogen) atoms. The smallest absolute Gasteiger partial charge is 0.195 e. The van der Waals surface area contributed by atoms with Crippen LogP contribution in [0.5, 0.6) is 0 Å². The number of hydrogen-bond donors (Lipinski definition) is 0. The summed E-state index contributed by atoms with van der Waals surface area (Å²) in [6.45, 7) is 1.97. The van der Waals surface area contributed by atoms with Gasteiger partial charge in [-0.1, -0.05) is 29.4 Å². The van der Waals surface area contributed by atoms with Crippen molar-refractivity contribution < 1.29 is 4.39 Å². The molecule has 136 valence electrons. The van der Waals surface area contributed by atoms with Crippen molar-refractivity contribution >= 4 is 34.7 Å². The van der Waals surface area contributed by atoms with Crippen molar-refractivity contribution in [2.75, 3.05) is 0 Å². The van der Waals surface area contributed by atoms with E-state index in [-0.39, 0.29) is 5.82 Å². The minimum atomic E-state index is -0.248. The molecule has 8 heteroatoms. The highest BCUT2D eigenvalue weighted by molar-refractivity contribution is 7.98. The standard InChI is InChI=1S/C19H14ClFN4S2/c1-12-2-7-16(8-17(12)20)25-11-22-24-19(25)27-10-15-9-26-18(23-15)13-3-5-14(21)6-4-13/h2-9,11H,10H2,1H3. The summed E-state index contributed by atoms with van der Waals surface area (Å²) in [6.07, 6.45) is 1.67. The highest BCUT2D eigenvalue weighted by atomic mass is 35.5. The molecule has 2 heterocycles. The van der Waals surface area contributed by atoms with Crippen LogP contribution in [0.4, 0.5) is 4.39 Å². The van der Waals surface area contributed by atoms with Gasteiger partial charge >= 0.3 is 0 Å². The van der Waals surface area contributed by atoms with Crippen molar-refractivity contribution in [3.8, 4) is 16.3 Å². The quantitative estimate of drug-likeness (QED) is 0.386. The summed E-state index contributed by atoms with van der Waals surface area (Å²) in [6, 6.07) is 12.2. The largest absolute Gasteiger partial charge is 0.277 e. The van der Waals surface area contributed by atoms with Gasteiger partial charge in [-0.25, -0.2) is 9.37 Å². The predicted molar refractivity (Wildman–Crippen MR) is 108 cm³/mol. The van der Waals surface area contributed by atoms with E-state index < -0.39 is 0 Å². The molecule has 0 N–H and O–H groups in total. The minimum Gasteiger partial charge on any atom is -0.277 e. The van der Waals surface area contributed by atoms with E-state index in [4.69, 9.17) is 11.6 Å². The van der Waals surface area contributed by atoms with Crippen molar-refractivity contribution in [1.82, 2.24) is 19.7 Å². The van der Waals surface area contributed by atoms with Gasteiger partial charge in [0, 0.05) is 21.7 Å². The summed E-state index contributed by atoms with van der Waals surface area (Å²) in [7, 11) is 0. The Hall–Kier alpha value is -2.22. The summed E-state index contributed by atoms with van der Waals surface area (Å²) in [5.74, 6) is 0.414. The molecule has 0 radical (unpaired) electrons. The number of benzene rings is 2. The number of aromatic nitrogens is 4. The van der Waals surface area contributed by atoms with Gasteiger partial charge < -0.3 is 0 Å². The zero-order valence-corrected chi connectivity index (χ0v) is 16.7. The molecule has 0 spiro atoms. The highest BCUT2D eigenvalue weighted by Gasteiger charge is 2.11. The molecule has 4 aromatic rings. The van der Waals surface area contributed by atoms with Crippen LogP contribution in [0.2, 0.25) is 5.02 Å². The van der Waals surface area contributed by atoms with Crippen molar-refractivity contribution in [3.63, 3.8) is 0 Å². The molecular weight excluding hydrogens is 403 g/mol. The van der Waals surface area contributed by atoms with Gasteiger partial charge in [0.1, 0.15) is 17.2 Å². The Labute approximate surface area is 169 Å². The molecular formula is C19H14ClFN4S2. The van der Waals surface area contributed by atoms with E-state index in [0.717, 1.165) is 32.7 Å². The SMILES string of the molecule is Cc1ccc(-n2cnnc2SCc2csc(-c3ccc(F)cc3)n2)cc1Cl. The molecule has 2 aromatic carbocycles. The Morgan fingerprint density at radius 2 is 2.00 bits per heavy atom. The lowest BCUT2D eigenvalue weighted by Gasteiger charge is -2.07. The molecule has 2 aromatic heterocycles. The first kappa shape index (κ1) is 18.2. The molecule has 0 unspecified atom stereocenters. The van der Waals surface area contributed by atoms with Crippen LogP contribution in [-0.4, -0.2) is 19.7 Å². The van der Waals surface area contributed by atoms with Crippen LogP contribution in [-0.2, 0) is 5.75 Å². The van der Waals surface area contributed by atoms with Crippen LogP contribution in [0.3, 0.4) is 0 Å². The van der Waals surface area contributed by atoms with E-state index in [1.54, 1.807) is 41.6 Å². The number of thioether (sulfide) groups is 1. The second kappa shape index (κ2) is 7.80. The van der Waals surface area contributed by atoms with Gasteiger partial charge in [0.15, 0.2) is 5.16 Å². The second-order valence-corrected chi connectivity index (χ2v) is 8.06. The maximum absolute atomic E-state index is 13.1. The monoisotopic (exact) mass is 416 g/mol. The summed E-state index contributed by atoms with van der Waals surface area (Å²) in [4.78, 5) is 4.63. The van der Waals surface area contributed by atoms with E-state index in [1.165, 1.54) is 12.1 Å². The van der Waals surface area contributed by atoms with Crippen LogP contribution < -0.4 is 0 Å². The van der Waals surface area contributed by atoms with Crippen LogP contribution in [0.25, 0.3) is 16.3 Å². The normalized spacial score (nSPS) is 11.1. The third-order valence-electron chi connectivity index (χ3n) is 3.94. The molecule has 0 atom stereocenters. The van der Waals surface area contributed by atoms with Crippen LogP contribution in [0, 0.1) is 12.7 Å². The number of rotatable bonds is 5. The average Bonchev–Trinajstić information content (AvgIpc) is 3.32. The van der Waals surface area contributed by atoms with Gasteiger partial charge in [0.25, 0.3) is 0 Å². The van der Waals surface area contributed by atoms with E-state index in [1.807, 2.05) is 35.1 Å². The number of hydrogen-bond acceptors (Lipinski definition) is 5. The van der Waals surface area contributed by atoms with Gasteiger partial charge in [0.2, 0.25) is 0 Å². The van der Waals surface area contributed by atoms with Crippen molar-refractivity contribution in [2.24, 2.45) is 0 Å². The molecule has 4 nitrogen and oxygen atoms in total. The summed E-state index contributed by atoms with van der Waals surface area (Å²) >= 11 is 9.33. The van der Waals surface area contributed by atoms with E-state index in [0.29, 0.717) is 10.8 Å². The Morgan fingerprint density at radius 1 is 1.19 bits per heavy atom. The number of halogens is 2. The Bertz CT molecular complexity index is 1080. The lowest BCUT2D eigenvalue weighted by Crippen LogP contribution is -1.96. The first-order valence-electron chi connectivity index (χ1n) is 8.10. The summed E-state index contributed by atoms with van der Waals surface area (Å²) in [5, 5.41) is 12.6. The zero-order chi connectivity index (χ0) is 18.8. The maximum atomic E-state index is 13.1. The van der Waals surface area contributed by atoms with Crippen LogP contribution in [0.15, 0.2) is 59.3 Å². The fraction of sp³-hybridized carbons (Fsp3) is 0.105. The second-order valence-electron chi connectivity index (χ2n) is 5.86. The molecule has 0 bridgehead atoms. The van der Waals surface area contributed by atoms with Gasteiger partial charge in [0.05, 0.1) is 11.4 Å². The van der Waals surface area contributed by atoms with Gasteiger partial charge in [-0.15, -0.1) is 21.5 Å². The highest BCUT2D eigenvalue weighted by Crippen LogP contribution is 2.29. The lowest BCUT2D eigenvalue weighted by molar-refractivity contribution is 0.628. The Balaban J connectivity index is 1.49. The fourth-order valence-electron chi connectivity index (χ4n) is 2.47. The van der Waals surface area contributed by atoms with E-state index in [2.05, 4.69) is 15.2 Å². The number of thiazole rings is 1. The van der Waals surface area contributed by atoms with Crippen LogP contribution in [0.1, 0.15) is 11.3 Å². The predicted octanol–water partition coefficient (Wildman–Crippen LogP) is 5.78. The minimum absolute atomic E-state index is 0.248. The molecule has 0 aliphatic carbocycles. The Kier molecular flexibility index (Phi) is 5.24. The molecule has 0 saturated heterocycles. The first-order chi connectivity index (χ1) is 13.1. The summed E-state index contributed by atoms with van der Waals surface area (Å²) < 4.78 is 15.0. The van der Waals surface area contributed by atoms with Gasteiger partial charge in [-0.05, 0) is 48.9 Å². The van der Waals surface area contributed by atoms with E-state index >= 15 is 0 Å². The molecule has 0 amide bonds. The van der Waals surface area contributed by atoms with E-state index in [9.17, 15) is 4.39 Å². The zero-order valence-electron chi connectivity index (χ0n) is 14.3. The molecule has 0 aliphatic rings. The van der Waals surface area contributed by atoms with Gasteiger partial charge in [-0.2, -0.15) is 0 Å². The van der Waals surface area contributed by atoms with Crippen molar-refractivity contribution in [3.05, 3.63) is 76.3 Å². The Morgan fingerprint density at radius 3 is 2.78 bits per heavy atom. The van der Waals surface area contributed by atoms with Crippen molar-refractivity contribution in [2.45, 2.75) is 17.8 Å². The first-order valence-corrected chi connectivity index (χ1v) is 10.3. The average molecular weight is 417 g/mol. The topological polar surface area (TPSA) is 43.6 Å². The number of aryl methyl sites for hydroxylation is 1. The van der Waals surface area contributed by atoms with Crippen LogP contribution >= 0.6 is 34.7 Å². The third kappa shape index (κ3) is 4.05. The fourth-order valence-corrected chi connectivity index (χ4v) is 4.40. The maximum Gasteiger partial charge on any atom is 0.195 e. The summed E-state index contributed by atoms with van der Waals surface area (Å²) in [5.41, 5.74) is 3.80. The molecule has 0 fully saturated rings. The molecule has 4 rings (SSSR count). The molecule has 0 saturated carbocycles. The molecule has 0 aliphatic heterocycles. The van der Waals surface area contributed by atoms with Gasteiger partial charge in [-0.3, -0.25) is 4.57 Å². The third-order valence-corrected chi connectivity index (χ3v) is 6.27. The number of nitrogens with zero attached hydrogens (tertiary/aromatic N) is 4. The lowest BCUT2D eigenvalue weighted by atomic mass is 10.2. The van der Waals surface area contributed by atoms with Crippen molar-refractivity contribution in [1.29, 1.82) is 0 Å².